The Kier molecular flexibility index (Phi) is 6.12. The fourth-order valence-electron chi connectivity index (χ4n) is 2.26. The molecule has 18 heavy (non-hydrogen) atoms. The van der Waals surface area contributed by atoms with Crippen molar-refractivity contribution in [1.82, 2.24) is 10.6 Å². The first kappa shape index (κ1) is 15.0. The summed E-state index contributed by atoms with van der Waals surface area (Å²) in [6.07, 6.45) is 3.38. The summed E-state index contributed by atoms with van der Waals surface area (Å²) in [6.45, 7) is 4.78. The maximum Gasteiger partial charge on any atom is 0.306 e. The second-order valence-corrected chi connectivity index (χ2v) is 5.31. The number of amides is 1. The zero-order valence-electron chi connectivity index (χ0n) is 11.2. The smallest absolute Gasteiger partial charge is 0.306 e. The van der Waals surface area contributed by atoms with Crippen LogP contribution in [0.3, 0.4) is 0 Å². The predicted molar refractivity (Wildman–Crippen MR) is 69.3 cm³/mol. The third-order valence-corrected chi connectivity index (χ3v) is 3.35. The van der Waals surface area contributed by atoms with E-state index in [1.165, 1.54) is 0 Å². The van der Waals surface area contributed by atoms with E-state index in [-0.39, 0.29) is 17.9 Å². The van der Waals surface area contributed by atoms with E-state index in [9.17, 15) is 9.59 Å². The summed E-state index contributed by atoms with van der Waals surface area (Å²) >= 11 is 0. The molecule has 1 fully saturated rings. The van der Waals surface area contributed by atoms with Crippen LogP contribution >= 0.6 is 0 Å². The second kappa shape index (κ2) is 7.36. The summed E-state index contributed by atoms with van der Waals surface area (Å²) < 4.78 is 0. The second-order valence-electron chi connectivity index (χ2n) is 5.31. The number of hydrogen-bond acceptors (Lipinski definition) is 3. The molecule has 0 radical (unpaired) electrons. The van der Waals surface area contributed by atoms with Crippen molar-refractivity contribution in [3.63, 3.8) is 0 Å². The molecule has 1 aliphatic rings. The highest BCUT2D eigenvalue weighted by atomic mass is 16.4. The summed E-state index contributed by atoms with van der Waals surface area (Å²) in [5, 5.41) is 15.1. The van der Waals surface area contributed by atoms with Crippen LogP contribution in [0.4, 0.5) is 0 Å². The number of rotatable bonds is 6. The molecule has 0 bridgehead atoms. The van der Waals surface area contributed by atoms with Crippen LogP contribution in [0.5, 0.6) is 0 Å². The lowest BCUT2D eigenvalue weighted by atomic mass is 9.86. The number of carbonyl (C=O) groups is 2. The van der Waals surface area contributed by atoms with Crippen LogP contribution in [0.25, 0.3) is 0 Å². The molecule has 3 N–H and O–H groups in total. The summed E-state index contributed by atoms with van der Waals surface area (Å²) in [6, 6.07) is 0.552. The van der Waals surface area contributed by atoms with Crippen molar-refractivity contribution in [2.75, 3.05) is 6.54 Å². The van der Waals surface area contributed by atoms with Crippen LogP contribution in [0.1, 0.15) is 46.0 Å². The van der Waals surface area contributed by atoms with E-state index < -0.39 is 5.97 Å². The Morgan fingerprint density at radius 3 is 2.33 bits per heavy atom. The Balaban J connectivity index is 2.16. The van der Waals surface area contributed by atoms with E-state index in [2.05, 4.69) is 10.6 Å². The molecule has 0 aromatic carbocycles. The molecule has 0 saturated heterocycles. The van der Waals surface area contributed by atoms with Gasteiger partial charge in [0.15, 0.2) is 0 Å². The first-order valence-electron chi connectivity index (χ1n) is 6.74. The van der Waals surface area contributed by atoms with Gasteiger partial charge in [0.2, 0.25) is 5.91 Å². The van der Waals surface area contributed by atoms with Crippen molar-refractivity contribution in [1.29, 1.82) is 0 Å². The van der Waals surface area contributed by atoms with Crippen molar-refractivity contribution in [2.24, 2.45) is 5.92 Å². The van der Waals surface area contributed by atoms with E-state index >= 15 is 0 Å². The molecule has 5 heteroatoms. The third kappa shape index (κ3) is 5.49. The van der Waals surface area contributed by atoms with Crippen molar-refractivity contribution < 1.29 is 14.7 Å². The number of carboxylic acid groups (broad SMARTS) is 1. The standard InChI is InChI=1S/C13H24N2O3/c1-9(2)14-8-7-12(16)15-11-5-3-10(4-6-11)13(17)18/h9-11,14H,3-8H2,1-2H3,(H,15,16)(H,17,18). The Labute approximate surface area is 108 Å². The molecule has 0 atom stereocenters. The van der Waals surface area contributed by atoms with Gasteiger partial charge in [-0.1, -0.05) is 13.8 Å². The van der Waals surface area contributed by atoms with Crippen molar-refractivity contribution >= 4 is 11.9 Å². The molecule has 1 aliphatic carbocycles. The minimum atomic E-state index is -0.707. The van der Waals surface area contributed by atoms with E-state index in [1.807, 2.05) is 13.8 Å². The molecular weight excluding hydrogens is 232 g/mol. The van der Waals surface area contributed by atoms with Gasteiger partial charge in [0, 0.05) is 25.0 Å². The Bertz CT molecular complexity index is 284. The average molecular weight is 256 g/mol. The minimum Gasteiger partial charge on any atom is -0.481 e. The molecule has 1 saturated carbocycles. The first-order valence-corrected chi connectivity index (χ1v) is 6.74. The molecular formula is C13H24N2O3. The van der Waals surface area contributed by atoms with Crippen LogP contribution < -0.4 is 10.6 Å². The van der Waals surface area contributed by atoms with Gasteiger partial charge in [-0.25, -0.2) is 0 Å². The number of carbonyl (C=O) groups excluding carboxylic acids is 1. The molecule has 0 aromatic rings. The van der Waals surface area contributed by atoms with Gasteiger partial charge in [-0.3, -0.25) is 9.59 Å². The van der Waals surface area contributed by atoms with Gasteiger partial charge in [0.1, 0.15) is 0 Å². The highest BCUT2D eigenvalue weighted by Crippen LogP contribution is 2.24. The van der Waals surface area contributed by atoms with Gasteiger partial charge in [-0.15, -0.1) is 0 Å². The van der Waals surface area contributed by atoms with E-state index in [0.29, 0.717) is 31.8 Å². The fourth-order valence-corrected chi connectivity index (χ4v) is 2.26. The zero-order valence-corrected chi connectivity index (χ0v) is 11.2. The van der Waals surface area contributed by atoms with E-state index in [1.54, 1.807) is 0 Å². The highest BCUT2D eigenvalue weighted by Gasteiger charge is 2.26. The summed E-state index contributed by atoms with van der Waals surface area (Å²) in [5.41, 5.74) is 0. The van der Waals surface area contributed by atoms with Gasteiger partial charge in [-0.05, 0) is 25.7 Å². The Morgan fingerprint density at radius 2 is 1.83 bits per heavy atom. The zero-order chi connectivity index (χ0) is 13.5. The SMILES string of the molecule is CC(C)NCCC(=O)NC1CCC(C(=O)O)CC1. The van der Waals surface area contributed by atoms with Gasteiger partial charge in [0.25, 0.3) is 0 Å². The largest absolute Gasteiger partial charge is 0.481 e. The van der Waals surface area contributed by atoms with E-state index in [4.69, 9.17) is 5.11 Å². The lowest BCUT2D eigenvalue weighted by molar-refractivity contribution is -0.142. The Morgan fingerprint density at radius 1 is 1.22 bits per heavy atom. The molecule has 1 rings (SSSR count). The first-order chi connectivity index (χ1) is 8.49. The maximum absolute atomic E-state index is 11.6. The molecule has 0 aromatic heterocycles. The monoisotopic (exact) mass is 256 g/mol. The van der Waals surface area contributed by atoms with Crippen LogP contribution in [-0.2, 0) is 9.59 Å². The van der Waals surface area contributed by atoms with Crippen molar-refractivity contribution in [3.8, 4) is 0 Å². The van der Waals surface area contributed by atoms with Crippen LogP contribution in [0, 0.1) is 5.92 Å². The van der Waals surface area contributed by atoms with Gasteiger partial charge >= 0.3 is 5.97 Å². The normalized spacial score (nSPS) is 23.9. The molecule has 0 aliphatic heterocycles. The molecule has 5 nitrogen and oxygen atoms in total. The van der Waals surface area contributed by atoms with Crippen molar-refractivity contribution in [2.45, 2.75) is 58.0 Å². The quantitative estimate of drug-likeness (QED) is 0.666. The summed E-state index contributed by atoms with van der Waals surface area (Å²) in [5.74, 6) is -0.872. The summed E-state index contributed by atoms with van der Waals surface area (Å²) in [7, 11) is 0. The number of nitrogens with one attached hydrogen (secondary N) is 2. The molecule has 1 amide bonds. The molecule has 0 heterocycles. The van der Waals surface area contributed by atoms with Crippen molar-refractivity contribution in [3.05, 3.63) is 0 Å². The molecule has 0 unspecified atom stereocenters. The lowest BCUT2D eigenvalue weighted by Crippen LogP contribution is -2.40. The predicted octanol–water partition coefficient (Wildman–Crippen LogP) is 1.13. The van der Waals surface area contributed by atoms with Crippen LogP contribution in [-0.4, -0.2) is 35.6 Å². The third-order valence-electron chi connectivity index (χ3n) is 3.35. The number of hydrogen-bond donors (Lipinski definition) is 3. The average Bonchev–Trinajstić information content (AvgIpc) is 2.29. The van der Waals surface area contributed by atoms with Crippen LogP contribution in [0.2, 0.25) is 0 Å². The number of aliphatic carboxylic acids is 1. The maximum atomic E-state index is 11.6. The fraction of sp³-hybridized carbons (Fsp3) is 0.846. The molecule has 0 spiro atoms. The van der Waals surface area contributed by atoms with Gasteiger partial charge in [-0.2, -0.15) is 0 Å². The highest BCUT2D eigenvalue weighted by molar-refractivity contribution is 5.76. The topological polar surface area (TPSA) is 78.4 Å². The Hall–Kier alpha value is -1.10. The van der Waals surface area contributed by atoms with Gasteiger partial charge < -0.3 is 15.7 Å². The van der Waals surface area contributed by atoms with E-state index in [0.717, 1.165) is 12.8 Å². The molecule has 104 valence electrons. The van der Waals surface area contributed by atoms with Crippen LogP contribution in [0.15, 0.2) is 0 Å². The summed E-state index contributed by atoms with van der Waals surface area (Å²) in [4.78, 5) is 22.4. The van der Waals surface area contributed by atoms with Gasteiger partial charge in [0.05, 0.1) is 5.92 Å². The number of carboxylic acids is 1. The lowest BCUT2D eigenvalue weighted by Gasteiger charge is -2.26. The minimum absolute atomic E-state index is 0.0573.